The van der Waals surface area contributed by atoms with Crippen LogP contribution in [0.15, 0.2) is 29.8 Å². The van der Waals surface area contributed by atoms with E-state index in [-0.39, 0.29) is 48.0 Å². The Hall–Kier alpha value is -2.98. The highest BCUT2D eigenvalue weighted by Crippen LogP contribution is 2.28. The number of pyridine rings is 1. The molecule has 3 rings (SSSR count). The average Bonchev–Trinajstić information content (AvgIpc) is 3.27. The fourth-order valence-corrected chi connectivity index (χ4v) is 4.86. The third-order valence-electron chi connectivity index (χ3n) is 5.94. The predicted molar refractivity (Wildman–Crippen MR) is 134 cm³/mol. The number of nitrogens with zero attached hydrogens (tertiary/aromatic N) is 6. The highest BCUT2D eigenvalue weighted by molar-refractivity contribution is 7.89. The number of carbonyl (C=O) groups excluding carboxylic acids is 1. The van der Waals surface area contributed by atoms with E-state index in [0.717, 1.165) is 0 Å². The van der Waals surface area contributed by atoms with Crippen molar-refractivity contribution in [1.82, 2.24) is 28.6 Å². The maximum Gasteiger partial charge on any atom is 0.261 e. The highest BCUT2D eigenvalue weighted by Gasteiger charge is 2.36. The van der Waals surface area contributed by atoms with Crippen molar-refractivity contribution in [2.75, 3.05) is 47.4 Å². The maximum atomic E-state index is 13.5. The monoisotopic (exact) mass is 518 g/mol. The molecule has 2 aromatic heterocycles. The topological polar surface area (TPSA) is 121 Å². The molecule has 3 heterocycles. The Balaban J connectivity index is 1.97. The van der Waals surface area contributed by atoms with Crippen LogP contribution >= 0.6 is 0 Å². The van der Waals surface area contributed by atoms with E-state index >= 15 is 0 Å². The lowest BCUT2D eigenvalue weighted by Gasteiger charge is -2.37. The van der Waals surface area contributed by atoms with Crippen LogP contribution in [0.4, 0.5) is 0 Å². The van der Waals surface area contributed by atoms with Crippen molar-refractivity contribution in [1.29, 1.82) is 0 Å². The number of aliphatic hydroxyl groups is 1. The smallest absolute Gasteiger partial charge is 0.261 e. The van der Waals surface area contributed by atoms with Crippen molar-refractivity contribution in [2.45, 2.75) is 31.0 Å². The molecule has 0 bridgehead atoms. The van der Waals surface area contributed by atoms with E-state index in [9.17, 15) is 18.3 Å². The van der Waals surface area contributed by atoms with Crippen molar-refractivity contribution >= 4 is 15.9 Å². The zero-order valence-electron chi connectivity index (χ0n) is 21.5. The molecule has 1 N–H and O–H groups in total. The SMILES string of the molecule is C[C@H]1CN([C@@H](C)CO)C(=O)c2cc(C#CCN(C)C)cnc2O[C@H]1CN(C)S(=O)(=O)c1cn(C)cn1. The van der Waals surface area contributed by atoms with E-state index in [1.165, 1.54) is 30.1 Å². The molecule has 0 fully saturated rings. The summed E-state index contributed by atoms with van der Waals surface area (Å²) >= 11 is 0. The van der Waals surface area contributed by atoms with Gasteiger partial charge in [-0.25, -0.2) is 18.4 Å². The van der Waals surface area contributed by atoms with Crippen molar-refractivity contribution in [3.05, 3.63) is 35.9 Å². The zero-order valence-corrected chi connectivity index (χ0v) is 22.4. The van der Waals surface area contributed by atoms with E-state index in [0.29, 0.717) is 12.1 Å². The standard InChI is InChI=1S/C24H34N6O5S/c1-17-12-30(18(2)15-31)24(32)20-10-19(8-7-9-27(3)4)11-25-23(20)35-21(17)13-29(6)36(33,34)22-14-28(5)16-26-22/h10-11,14,16-18,21,31H,9,12-13,15H2,1-6H3/t17-,18-,21-/m0/s1. The van der Waals surface area contributed by atoms with Crippen LogP contribution in [0.1, 0.15) is 29.8 Å². The van der Waals surface area contributed by atoms with Gasteiger partial charge in [0.05, 0.1) is 32.1 Å². The Morgan fingerprint density at radius 2 is 2.03 bits per heavy atom. The summed E-state index contributed by atoms with van der Waals surface area (Å²) in [5, 5.41) is 9.75. The summed E-state index contributed by atoms with van der Waals surface area (Å²) in [7, 11) is 3.13. The molecule has 36 heavy (non-hydrogen) atoms. The molecule has 0 unspecified atom stereocenters. The lowest BCUT2D eigenvalue weighted by Crippen LogP contribution is -2.50. The number of aryl methyl sites for hydroxylation is 1. The van der Waals surface area contributed by atoms with Gasteiger partial charge in [-0.05, 0) is 27.1 Å². The molecular formula is C24H34N6O5S. The van der Waals surface area contributed by atoms with Gasteiger partial charge in [0, 0.05) is 44.5 Å². The number of fused-ring (bicyclic) bond motifs is 1. The summed E-state index contributed by atoms with van der Waals surface area (Å²) < 4.78 is 35.0. The number of amides is 1. The third-order valence-corrected chi connectivity index (χ3v) is 7.65. The number of carbonyl (C=O) groups is 1. The maximum absolute atomic E-state index is 13.5. The number of hydrogen-bond donors (Lipinski definition) is 1. The zero-order chi connectivity index (χ0) is 26.6. The van der Waals surface area contributed by atoms with Gasteiger partial charge in [-0.15, -0.1) is 0 Å². The minimum atomic E-state index is -3.85. The van der Waals surface area contributed by atoms with Crippen LogP contribution in [0.25, 0.3) is 0 Å². The first-order valence-electron chi connectivity index (χ1n) is 11.6. The Kier molecular flexibility index (Phi) is 8.73. The number of ether oxygens (including phenoxy) is 1. The van der Waals surface area contributed by atoms with Gasteiger partial charge in [0.1, 0.15) is 11.7 Å². The second-order valence-corrected chi connectivity index (χ2v) is 11.4. The Morgan fingerprint density at radius 1 is 1.31 bits per heavy atom. The van der Waals surface area contributed by atoms with E-state index < -0.39 is 22.2 Å². The largest absolute Gasteiger partial charge is 0.472 e. The van der Waals surface area contributed by atoms with Gasteiger partial charge in [0.2, 0.25) is 5.88 Å². The minimum Gasteiger partial charge on any atom is -0.472 e. The second kappa shape index (κ2) is 11.4. The summed E-state index contributed by atoms with van der Waals surface area (Å²) in [6, 6.07) is 1.18. The number of imidazole rings is 1. The van der Waals surface area contributed by atoms with Crippen LogP contribution < -0.4 is 4.74 Å². The molecular weight excluding hydrogens is 484 g/mol. The van der Waals surface area contributed by atoms with E-state index in [1.807, 2.05) is 25.9 Å². The molecule has 1 aliphatic rings. The quantitative estimate of drug-likeness (QED) is 0.519. The predicted octanol–water partition coefficient (Wildman–Crippen LogP) is 0.269. The number of aliphatic hydroxyl groups excluding tert-OH is 1. The molecule has 2 aromatic rings. The first-order valence-corrected chi connectivity index (χ1v) is 13.0. The Labute approximate surface area is 212 Å². The molecule has 0 aromatic carbocycles. The second-order valence-electron chi connectivity index (χ2n) is 9.40. The lowest BCUT2D eigenvalue weighted by molar-refractivity contribution is 0.0373. The molecule has 0 saturated carbocycles. The number of hydrogen-bond acceptors (Lipinski definition) is 8. The van der Waals surface area contributed by atoms with Crippen LogP contribution in [0.2, 0.25) is 0 Å². The summed E-state index contributed by atoms with van der Waals surface area (Å²) in [6.07, 6.45) is 3.78. The Morgan fingerprint density at radius 3 is 2.64 bits per heavy atom. The summed E-state index contributed by atoms with van der Waals surface area (Å²) in [4.78, 5) is 25.3. The van der Waals surface area contributed by atoms with Crippen molar-refractivity contribution < 1.29 is 23.1 Å². The molecule has 11 nitrogen and oxygen atoms in total. The van der Waals surface area contributed by atoms with Crippen LogP contribution in [0.5, 0.6) is 5.88 Å². The van der Waals surface area contributed by atoms with Crippen LogP contribution in [-0.2, 0) is 17.1 Å². The number of rotatable bonds is 7. The fraction of sp³-hybridized carbons (Fsp3) is 0.542. The average molecular weight is 519 g/mol. The summed E-state index contributed by atoms with van der Waals surface area (Å²) in [5.74, 6) is 5.54. The van der Waals surface area contributed by atoms with Gasteiger partial charge in [-0.1, -0.05) is 18.8 Å². The molecule has 3 atom stereocenters. The molecule has 0 aliphatic carbocycles. The molecule has 1 aliphatic heterocycles. The first kappa shape index (κ1) is 27.6. The minimum absolute atomic E-state index is 0.0150. The van der Waals surface area contributed by atoms with Crippen LogP contribution in [0, 0.1) is 17.8 Å². The normalized spacial score (nSPS) is 19.2. The van der Waals surface area contributed by atoms with Crippen molar-refractivity contribution in [2.24, 2.45) is 13.0 Å². The fourth-order valence-electron chi connectivity index (χ4n) is 3.72. The summed E-state index contributed by atoms with van der Waals surface area (Å²) in [5.41, 5.74) is 0.781. The molecule has 0 spiro atoms. The van der Waals surface area contributed by atoms with Gasteiger partial charge >= 0.3 is 0 Å². The van der Waals surface area contributed by atoms with E-state index in [1.54, 1.807) is 29.5 Å². The highest BCUT2D eigenvalue weighted by atomic mass is 32.2. The number of likely N-dealkylation sites (N-methyl/N-ethyl adjacent to an activating group) is 1. The molecule has 0 saturated heterocycles. The first-order chi connectivity index (χ1) is 16.9. The van der Waals surface area contributed by atoms with Crippen molar-refractivity contribution in [3.8, 4) is 17.7 Å². The lowest BCUT2D eigenvalue weighted by atomic mass is 10.0. The number of aromatic nitrogens is 3. The van der Waals surface area contributed by atoms with E-state index in [4.69, 9.17) is 4.74 Å². The van der Waals surface area contributed by atoms with Crippen molar-refractivity contribution in [3.63, 3.8) is 0 Å². The van der Waals surface area contributed by atoms with Crippen LogP contribution in [0.3, 0.4) is 0 Å². The van der Waals surface area contributed by atoms with Gasteiger partial charge in [-0.3, -0.25) is 9.69 Å². The molecule has 12 heteroatoms. The van der Waals surface area contributed by atoms with Gasteiger partial charge < -0.3 is 19.3 Å². The third kappa shape index (κ3) is 6.22. The Bertz CT molecular complexity index is 1250. The summed E-state index contributed by atoms with van der Waals surface area (Å²) in [6.45, 7) is 4.24. The molecule has 0 radical (unpaired) electrons. The van der Waals surface area contributed by atoms with E-state index in [2.05, 4.69) is 21.8 Å². The van der Waals surface area contributed by atoms with Gasteiger partial charge in [0.15, 0.2) is 5.03 Å². The molecule has 1 amide bonds. The molecule has 196 valence electrons. The van der Waals surface area contributed by atoms with Gasteiger partial charge in [0.25, 0.3) is 15.9 Å². The van der Waals surface area contributed by atoms with Crippen LogP contribution in [-0.4, -0.2) is 108 Å². The number of sulfonamides is 1. The van der Waals surface area contributed by atoms with Gasteiger partial charge in [-0.2, -0.15) is 4.31 Å².